The fraction of sp³-hybridized carbons (Fsp3) is 0.333. The molecule has 1 amide bonds. The normalized spacial score (nSPS) is 11.1. The highest BCUT2D eigenvalue weighted by Gasteiger charge is 2.10. The lowest BCUT2D eigenvalue weighted by atomic mass is 10.2. The number of fused-ring (bicyclic) bond motifs is 1. The molecule has 0 saturated heterocycles. The third-order valence-electron chi connectivity index (χ3n) is 3.56. The van der Waals surface area contributed by atoms with E-state index in [0.29, 0.717) is 23.0 Å². The van der Waals surface area contributed by atoms with Crippen LogP contribution in [0.5, 0.6) is 0 Å². The first-order valence-electron chi connectivity index (χ1n) is 7.27. The first-order valence-corrected chi connectivity index (χ1v) is 8.26. The molecular formula is C15H18N6OS. The summed E-state index contributed by atoms with van der Waals surface area (Å²) in [7, 11) is 1.96. The molecule has 120 valence electrons. The third kappa shape index (κ3) is 3.37. The van der Waals surface area contributed by atoms with Crippen LogP contribution in [0.3, 0.4) is 0 Å². The Morgan fingerprint density at radius 1 is 1.35 bits per heavy atom. The molecule has 0 fully saturated rings. The molecule has 0 aliphatic rings. The fourth-order valence-electron chi connectivity index (χ4n) is 2.26. The van der Waals surface area contributed by atoms with Crippen molar-refractivity contribution in [3.8, 4) is 0 Å². The van der Waals surface area contributed by atoms with Crippen molar-refractivity contribution in [2.75, 3.05) is 12.3 Å². The molecule has 0 radical (unpaired) electrons. The summed E-state index contributed by atoms with van der Waals surface area (Å²) in [5.74, 6) is 2.33. The largest absolute Gasteiger partial charge is 0.351 e. The van der Waals surface area contributed by atoms with Crippen molar-refractivity contribution in [1.82, 2.24) is 30.0 Å². The lowest BCUT2D eigenvalue weighted by Crippen LogP contribution is -2.25. The molecule has 2 heterocycles. The van der Waals surface area contributed by atoms with E-state index in [4.69, 9.17) is 0 Å². The van der Waals surface area contributed by atoms with Gasteiger partial charge in [-0.3, -0.25) is 9.89 Å². The molecule has 0 saturated carbocycles. The highest BCUT2D eigenvalue weighted by atomic mass is 32.2. The molecule has 2 N–H and O–H groups in total. The van der Waals surface area contributed by atoms with Crippen LogP contribution in [0, 0.1) is 13.8 Å². The summed E-state index contributed by atoms with van der Waals surface area (Å²) in [4.78, 5) is 20.9. The lowest BCUT2D eigenvalue weighted by molar-refractivity contribution is 0.0956. The number of amides is 1. The summed E-state index contributed by atoms with van der Waals surface area (Å²) in [6, 6.07) is 5.57. The number of H-pyrrole nitrogens is 1. The number of nitrogens with zero attached hydrogens (tertiary/aromatic N) is 4. The number of hydrogen-bond acceptors (Lipinski definition) is 5. The molecule has 7 nitrogen and oxygen atoms in total. The zero-order valence-corrected chi connectivity index (χ0v) is 14.1. The number of carbonyl (C=O) groups is 1. The molecule has 1 aromatic carbocycles. The zero-order chi connectivity index (χ0) is 16.4. The quantitative estimate of drug-likeness (QED) is 0.550. The lowest BCUT2D eigenvalue weighted by Gasteiger charge is -2.04. The first kappa shape index (κ1) is 15.5. The maximum absolute atomic E-state index is 12.2. The second-order valence-electron chi connectivity index (χ2n) is 5.23. The van der Waals surface area contributed by atoms with E-state index in [1.807, 2.05) is 43.7 Å². The summed E-state index contributed by atoms with van der Waals surface area (Å²) < 4.78 is 2.01. The Bertz CT molecular complexity index is 853. The minimum atomic E-state index is -0.0954. The van der Waals surface area contributed by atoms with Crippen molar-refractivity contribution in [2.24, 2.45) is 7.05 Å². The van der Waals surface area contributed by atoms with Gasteiger partial charge >= 0.3 is 0 Å². The number of imidazole rings is 1. The van der Waals surface area contributed by atoms with E-state index in [9.17, 15) is 4.79 Å². The summed E-state index contributed by atoms with van der Waals surface area (Å²) >= 11 is 1.50. The van der Waals surface area contributed by atoms with E-state index < -0.39 is 0 Å². The van der Waals surface area contributed by atoms with Crippen LogP contribution in [0.15, 0.2) is 23.4 Å². The molecule has 2 aromatic heterocycles. The van der Waals surface area contributed by atoms with Crippen LogP contribution in [0.25, 0.3) is 11.0 Å². The van der Waals surface area contributed by atoms with Gasteiger partial charge in [0.25, 0.3) is 5.91 Å². The molecule has 8 heteroatoms. The number of carbonyl (C=O) groups excluding carboxylic acids is 1. The SMILES string of the molecule is Cc1nc(SCCNC(=O)c2ccc3c(c2)nc(C)n3C)n[nH]1. The molecule has 23 heavy (non-hydrogen) atoms. The smallest absolute Gasteiger partial charge is 0.251 e. The number of aromatic amines is 1. The van der Waals surface area contributed by atoms with Gasteiger partial charge in [0.15, 0.2) is 0 Å². The van der Waals surface area contributed by atoms with E-state index in [2.05, 4.69) is 25.5 Å². The molecule has 3 rings (SSSR count). The summed E-state index contributed by atoms with van der Waals surface area (Å²) in [5, 5.41) is 10.4. The van der Waals surface area contributed by atoms with Crippen LogP contribution in [0.4, 0.5) is 0 Å². The predicted octanol–water partition coefficient (Wildman–Crippen LogP) is 1.83. The van der Waals surface area contributed by atoms with Crippen LogP contribution >= 0.6 is 11.8 Å². The van der Waals surface area contributed by atoms with Crippen molar-refractivity contribution < 1.29 is 4.79 Å². The maximum atomic E-state index is 12.2. The monoisotopic (exact) mass is 330 g/mol. The number of nitrogens with one attached hydrogen (secondary N) is 2. The second kappa shape index (κ2) is 6.41. The number of thioether (sulfide) groups is 1. The van der Waals surface area contributed by atoms with Crippen molar-refractivity contribution >= 4 is 28.7 Å². The van der Waals surface area contributed by atoms with Crippen molar-refractivity contribution in [2.45, 2.75) is 19.0 Å². The minimum Gasteiger partial charge on any atom is -0.351 e. The Morgan fingerprint density at radius 3 is 2.91 bits per heavy atom. The van der Waals surface area contributed by atoms with Gasteiger partial charge in [-0.15, -0.1) is 5.10 Å². The van der Waals surface area contributed by atoms with Crippen molar-refractivity contribution in [3.63, 3.8) is 0 Å². The number of benzene rings is 1. The van der Waals surface area contributed by atoms with Gasteiger partial charge in [-0.1, -0.05) is 11.8 Å². The maximum Gasteiger partial charge on any atom is 0.251 e. The van der Waals surface area contributed by atoms with Crippen LogP contribution in [-0.2, 0) is 7.05 Å². The number of aryl methyl sites for hydroxylation is 3. The van der Waals surface area contributed by atoms with Gasteiger partial charge < -0.3 is 9.88 Å². The van der Waals surface area contributed by atoms with Crippen LogP contribution < -0.4 is 5.32 Å². The standard InChI is InChI=1S/C15H18N6OS/c1-9-17-15(20-19-9)23-7-6-16-14(22)11-4-5-13-12(8-11)18-10(2)21(13)3/h4-5,8H,6-7H2,1-3H3,(H,16,22)(H,17,19,20). The fourth-order valence-corrected chi connectivity index (χ4v) is 2.96. The summed E-state index contributed by atoms with van der Waals surface area (Å²) in [6.07, 6.45) is 0. The molecule has 0 atom stereocenters. The number of hydrogen-bond donors (Lipinski definition) is 2. The summed E-state index contributed by atoms with van der Waals surface area (Å²) in [6.45, 7) is 4.35. The summed E-state index contributed by atoms with van der Waals surface area (Å²) in [5.41, 5.74) is 2.48. The Kier molecular flexibility index (Phi) is 4.33. The average molecular weight is 330 g/mol. The van der Waals surface area contributed by atoms with Gasteiger partial charge in [-0.2, -0.15) is 0 Å². The molecule has 0 unspecified atom stereocenters. The molecule has 0 aliphatic carbocycles. The Hall–Kier alpha value is -2.35. The average Bonchev–Trinajstić information content (AvgIpc) is 3.07. The van der Waals surface area contributed by atoms with Gasteiger partial charge in [-0.05, 0) is 32.0 Å². The molecular weight excluding hydrogens is 312 g/mol. The van der Waals surface area contributed by atoms with Gasteiger partial charge in [0.05, 0.1) is 11.0 Å². The minimum absolute atomic E-state index is 0.0954. The molecule has 0 aliphatic heterocycles. The van der Waals surface area contributed by atoms with Crippen LogP contribution in [-0.4, -0.2) is 42.9 Å². The van der Waals surface area contributed by atoms with Gasteiger partial charge in [0, 0.05) is 24.9 Å². The molecule has 0 spiro atoms. The van der Waals surface area contributed by atoms with Crippen molar-refractivity contribution in [3.05, 3.63) is 35.4 Å². The topological polar surface area (TPSA) is 88.5 Å². The molecule has 3 aromatic rings. The van der Waals surface area contributed by atoms with Crippen LogP contribution in [0.2, 0.25) is 0 Å². The Labute approximate surface area is 137 Å². The first-order chi connectivity index (χ1) is 11.0. The van der Waals surface area contributed by atoms with E-state index >= 15 is 0 Å². The Morgan fingerprint density at radius 2 is 2.17 bits per heavy atom. The highest BCUT2D eigenvalue weighted by Crippen LogP contribution is 2.16. The molecule has 0 bridgehead atoms. The van der Waals surface area contributed by atoms with E-state index in [1.165, 1.54) is 11.8 Å². The van der Waals surface area contributed by atoms with Gasteiger partial charge in [0.2, 0.25) is 5.16 Å². The Balaban J connectivity index is 1.57. The van der Waals surface area contributed by atoms with E-state index in [0.717, 1.165) is 22.7 Å². The number of aromatic nitrogens is 5. The van der Waals surface area contributed by atoms with Gasteiger partial charge in [0.1, 0.15) is 11.6 Å². The van der Waals surface area contributed by atoms with Crippen LogP contribution in [0.1, 0.15) is 22.0 Å². The number of rotatable bonds is 5. The van der Waals surface area contributed by atoms with E-state index in [1.54, 1.807) is 0 Å². The van der Waals surface area contributed by atoms with Gasteiger partial charge in [-0.25, -0.2) is 9.97 Å². The predicted molar refractivity (Wildman–Crippen MR) is 89.6 cm³/mol. The van der Waals surface area contributed by atoms with Crippen molar-refractivity contribution in [1.29, 1.82) is 0 Å². The third-order valence-corrected chi connectivity index (χ3v) is 4.41. The highest BCUT2D eigenvalue weighted by molar-refractivity contribution is 7.99. The zero-order valence-electron chi connectivity index (χ0n) is 13.3. The van der Waals surface area contributed by atoms with E-state index in [-0.39, 0.29) is 5.91 Å². The second-order valence-corrected chi connectivity index (χ2v) is 6.29.